The molecule has 0 amide bonds. The Bertz CT molecular complexity index is 461. The maximum atomic E-state index is 10.6. The Balaban J connectivity index is 2.14. The van der Waals surface area contributed by atoms with Crippen molar-refractivity contribution in [1.82, 2.24) is 0 Å². The van der Waals surface area contributed by atoms with E-state index in [-0.39, 0.29) is 0 Å². The summed E-state index contributed by atoms with van der Waals surface area (Å²) in [5, 5.41) is 2.10. The standard InChI is InChI=1S/C14H15NOS/c1-2-15(10-14-4-3-9-17-14)13-7-5-12(11-16)6-8-13/h3-9,11H,2,10H2,1H3. The average Bonchev–Trinajstić information content (AvgIpc) is 2.89. The Labute approximate surface area is 106 Å². The lowest BCUT2D eigenvalue weighted by molar-refractivity contribution is 0.112. The van der Waals surface area contributed by atoms with Crippen molar-refractivity contribution in [3.63, 3.8) is 0 Å². The van der Waals surface area contributed by atoms with Gasteiger partial charge in [0.1, 0.15) is 6.29 Å². The Hall–Kier alpha value is -1.61. The van der Waals surface area contributed by atoms with Crippen LogP contribution in [0.2, 0.25) is 0 Å². The highest BCUT2D eigenvalue weighted by molar-refractivity contribution is 7.09. The molecule has 0 radical (unpaired) electrons. The molecular weight excluding hydrogens is 230 g/mol. The summed E-state index contributed by atoms with van der Waals surface area (Å²) in [6.45, 7) is 4.02. The quantitative estimate of drug-likeness (QED) is 0.750. The van der Waals surface area contributed by atoms with Gasteiger partial charge in [0.05, 0.1) is 6.54 Å². The van der Waals surface area contributed by atoms with Gasteiger partial charge < -0.3 is 4.90 Å². The first-order chi connectivity index (χ1) is 8.33. The summed E-state index contributed by atoms with van der Waals surface area (Å²) in [6.07, 6.45) is 0.874. The van der Waals surface area contributed by atoms with Gasteiger partial charge in [0.15, 0.2) is 0 Å². The second kappa shape index (κ2) is 5.64. The van der Waals surface area contributed by atoms with Crippen LogP contribution in [-0.2, 0) is 6.54 Å². The highest BCUT2D eigenvalue weighted by Gasteiger charge is 2.05. The first-order valence-electron chi connectivity index (χ1n) is 5.66. The fourth-order valence-electron chi connectivity index (χ4n) is 1.74. The van der Waals surface area contributed by atoms with Crippen molar-refractivity contribution in [3.8, 4) is 0 Å². The van der Waals surface area contributed by atoms with E-state index >= 15 is 0 Å². The number of anilines is 1. The maximum Gasteiger partial charge on any atom is 0.150 e. The molecule has 3 heteroatoms. The zero-order chi connectivity index (χ0) is 12.1. The number of aldehydes is 1. The van der Waals surface area contributed by atoms with Crippen molar-refractivity contribution >= 4 is 23.3 Å². The molecule has 17 heavy (non-hydrogen) atoms. The van der Waals surface area contributed by atoms with Gasteiger partial charge in [-0.25, -0.2) is 0 Å². The van der Waals surface area contributed by atoms with Crippen molar-refractivity contribution in [2.24, 2.45) is 0 Å². The predicted octanol–water partition coefficient (Wildman–Crippen LogP) is 3.59. The van der Waals surface area contributed by atoms with Gasteiger partial charge in [-0.2, -0.15) is 0 Å². The van der Waals surface area contributed by atoms with E-state index in [2.05, 4.69) is 29.3 Å². The van der Waals surface area contributed by atoms with Gasteiger partial charge in [0, 0.05) is 22.7 Å². The third-order valence-corrected chi connectivity index (χ3v) is 3.56. The van der Waals surface area contributed by atoms with Crippen LogP contribution >= 0.6 is 11.3 Å². The van der Waals surface area contributed by atoms with Gasteiger partial charge in [-0.1, -0.05) is 6.07 Å². The first kappa shape index (κ1) is 11.9. The molecule has 1 heterocycles. The van der Waals surface area contributed by atoms with E-state index in [1.165, 1.54) is 4.88 Å². The molecule has 2 rings (SSSR count). The molecule has 2 aromatic rings. The Morgan fingerprint density at radius 2 is 2.00 bits per heavy atom. The zero-order valence-corrected chi connectivity index (χ0v) is 10.6. The molecule has 0 N–H and O–H groups in total. The SMILES string of the molecule is CCN(Cc1cccs1)c1ccc(C=O)cc1. The molecule has 1 aromatic carbocycles. The Kier molecular flexibility index (Phi) is 3.94. The topological polar surface area (TPSA) is 20.3 Å². The lowest BCUT2D eigenvalue weighted by Gasteiger charge is -2.22. The summed E-state index contributed by atoms with van der Waals surface area (Å²) in [5.74, 6) is 0. The van der Waals surface area contributed by atoms with E-state index in [1.807, 2.05) is 24.3 Å². The molecule has 88 valence electrons. The number of hydrogen-bond donors (Lipinski definition) is 0. The lowest BCUT2D eigenvalue weighted by Crippen LogP contribution is -2.21. The lowest BCUT2D eigenvalue weighted by atomic mass is 10.2. The Morgan fingerprint density at radius 1 is 1.24 bits per heavy atom. The molecular formula is C14H15NOS. The van der Waals surface area contributed by atoms with E-state index < -0.39 is 0 Å². The van der Waals surface area contributed by atoms with E-state index in [1.54, 1.807) is 11.3 Å². The van der Waals surface area contributed by atoms with Gasteiger partial charge in [-0.3, -0.25) is 4.79 Å². The van der Waals surface area contributed by atoms with Gasteiger partial charge in [-0.05, 0) is 42.6 Å². The summed E-state index contributed by atoms with van der Waals surface area (Å²) in [7, 11) is 0. The van der Waals surface area contributed by atoms with Crippen molar-refractivity contribution in [2.75, 3.05) is 11.4 Å². The summed E-state index contributed by atoms with van der Waals surface area (Å²) >= 11 is 1.77. The number of benzene rings is 1. The molecule has 0 saturated heterocycles. The predicted molar refractivity (Wildman–Crippen MR) is 72.9 cm³/mol. The number of carbonyl (C=O) groups excluding carboxylic acids is 1. The molecule has 0 unspecified atom stereocenters. The van der Waals surface area contributed by atoms with Crippen molar-refractivity contribution in [2.45, 2.75) is 13.5 Å². The fraction of sp³-hybridized carbons (Fsp3) is 0.214. The van der Waals surface area contributed by atoms with Crippen LogP contribution in [0.25, 0.3) is 0 Å². The van der Waals surface area contributed by atoms with E-state index in [0.717, 1.165) is 30.6 Å². The number of nitrogens with zero attached hydrogens (tertiary/aromatic N) is 1. The van der Waals surface area contributed by atoms with Crippen molar-refractivity contribution in [1.29, 1.82) is 0 Å². The van der Waals surface area contributed by atoms with E-state index in [0.29, 0.717) is 0 Å². The second-order valence-corrected chi connectivity index (χ2v) is 4.84. The summed E-state index contributed by atoms with van der Waals surface area (Å²) in [4.78, 5) is 14.2. The average molecular weight is 245 g/mol. The minimum absolute atomic E-state index is 0.723. The number of rotatable bonds is 5. The number of carbonyl (C=O) groups is 1. The largest absolute Gasteiger partial charge is 0.367 e. The minimum atomic E-state index is 0.723. The van der Waals surface area contributed by atoms with E-state index in [9.17, 15) is 4.79 Å². The van der Waals surface area contributed by atoms with Crippen molar-refractivity contribution in [3.05, 3.63) is 52.2 Å². The third-order valence-electron chi connectivity index (χ3n) is 2.70. The van der Waals surface area contributed by atoms with Crippen LogP contribution < -0.4 is 4.90 Å². The summed E-state index contributed by atoms with van der Waals surface area (Å²) < 4.78 is 0. The van der Waals surface area contributed by atoms with Crippen LogP contribution in [0.3, 0.4) is 0 Å². The highest BCUT2D eigenvalue weighted by Crippen LogP contribution is 2.19. The molecule has 0 aliphatic heterocycles. The summed E-state index contributed by atoms with van der Waals surface area (Å²) in [6, 6.07) is 11.9. The smallest absolute Gasteiger partial charge is 0.150 e. The normalized spacial score (nSPS) is 10.2. The van der Waals surface area contributed by atoms with Crippen LogP contribution in [0.1, 0.15) is 22.2 Å². The molecule has 2 nitrogen and oxygen atoms in total. The van der Waals surface area contributed by atoms with Crippen molar-refractivity contribution < 1.29 is 4.79 Å². The van der Waals surface area contributed by atoms with Crippen LogP contribution in [0.5, 0.6) is 0 Å². The van der Waals surface area contributed by atoms with Crippen LogP contribution in [0, 0.1) is 0 Å². The summed E-state index contributed by atoms with van der Waals surface area (Å²) in [5.41, 5.74) is 1.88. The van der Waals surface area contributed by atoms with Crippen LogP contribution in [0.4, 0.5) is 5.69 Å². The van der Waals surface area contributed by atoms with Gasteiger partial charge in [0.2, 0.25) is 0 Å². The minimum Gasteiger partial charge on any atom is -0.367 e. The molecule has 0 aliphatic rings. The number of thiophene rings is 1. The maximum absolute atomic E-state index is 10.6. The molecule has 1 aromatic heterocycles. The van der Waals surface area contributed by atoms with Crippen LogP contribution in [-0.4, -0.2) is 12.8 Å². The van der Waals surface area contributed by atoms with Gasteiger partial charge >= 0.3 is 0 Å². The van der Waals surface area contributed by atoms with E-state index in [4.69, 9.17) is 0 Å². The third kappa shape index (κ3) is 2.94. The molecule has 0 fully saturated rings. The zero-order valence-electron chi connectivity index (χ0n) is 9.80. The highest BCUT2D eigenvalue weighted by atomic mass is 32.1. The molecule has 0 spiro atoms. The Morgan fingerprint density at radius 3 is 2.53 bits per heavy atom. The monoisotopic (exact) mass is 245 g/mol. The van der Waals surface area contributed by atoms with Gasteiger partial charge in [0.25, 0.3) is 0 Å². The molecule has 0 aliphatic carbocycles. The van der Waals surface area contributed by atoms with Crippen LogP contribution in [0.15, 0.2) is 41.8 Å². The second-order valence-electron chi connectivity index (χ2n) is 3.80. The first-order valence-corrected chi connectivity index (χ1v) is 6.54. The molecule has 0 saturated carbocycles. The van der Waals surface area contributed by atoms with Gasteiger partial charge in [-0.15, -0.1) is 11.3 Å². The molecule has 0 bridgehead atoms. The fourth-order valence-corrected chi connectivity index (χ4v) is 2.46. The molecule has 0 atom stereocenters. The number of hydrogen-bond acceptors (Lipinski definition) is 3.